The zero-order chi connectivity index (χ0) is 7.56. The fourth-order valence-corrected chi connectivity index (χ4v) is 0.956. The average Bonchev–Trinajstić information content (AvgIpc) is 2.20. The molecule has 0 unspecified atom stereocenters. The van der Waals surface area contributed by atoms with Gasteiger partial charge in [0, 0.05) is 0 Å². The number of imide groups is 1. The summed E-state index contributed by atoms with van der Waals surface area (Å²) in [5.74, 6) is -0.158. The fraction of sp³-hybridized carbons (Fsp3) is 0.429. The van der Waals surface area contributed by atoms with E-state index in [-0.39, 0.29) is 11.8 Å². The van der Waals surface area contributed by atoms with Gasteiger partial charge in [-0.1, -0.05) is 6.58 Å². The third-order valence-corrected chi connectivity index (χ3v) is 1.47. The molecule has 0 aromatic carbocycles. The lowest BCUT2D eigenvalue weighted by molar-refractivity contribution is -0.130. The number of rotatable bonds is 2. The average molecular weight is 139 g/mol. The summed E-state index contributed by atoms with van der Waals surface area (Å²) >= 11 is 0. The van der Waals surface area contributed by atoms with E-state index in [1.54, 1.807) is 6.08 Å². The van der Waals surface area contributed by atoms with Crippen LogP contribution in [0.5, 0.6) is 0 Å². The van der Waals surface area contributed by atoms with Gasteiger partial charge in [-0.25, -0.2) is 9.59 Å². The molecule has 0 N–H and O–H groups in total. The Labute approximate surface area is 59.3 Å². The second-order valence-corrected chi connectivity index (χ2v) is 2.19. The summed E-state index contributed by atoms with van der Waals surface area (Å²) in [5, 5.41) is 0. The molecule has 1 saturated heterocycles. The molecule has 0 aliphatic carbocycles. The zero-order valence-electron chi connectivity index (χ0n) is 5.67. The summed E-state index contributed by atoms with van der Waals surface area (Å²) in [4.78, 5) is 22.9. The Morgan fingerprint density at radius 2 is 1.90 bits per heavy atom. The maximum atomic E-state index is 10.8. The molecule has 53 valence electrons. The predicted molar refractivity (Wildman–Crippen MR) is 36.4 cm³/mol. The van der Waals surface area contributed by atoms with Crippen LogP contribution in [0.2, 0.25) is 0 Å². The Hall–Kier alpha value is -0.960. The summed E-state index contributed by atoms with van der Waals surface area (Å²) < 4.78 is 0. The fourth-order valence-electron chi connectivity index (χ4n) is 0.956. The summed E-state index contributed by atoms with van der Waals surface area (Å²) in [6.07, 6.45) is 2.29. The van der Waals surface area contributed by atoms with Gasteiger partial charge in [-0.15, -0.1) is 0 Å². The third-order valence-electron chi connectivity index (χ3n) is 1.47. The Morgan fingerprint density at radius 3 is 2.30 bits per heavy atom. The van der Waals surface area contributed by atoms with Crippen LogP contribution in [0.3, 0.4) is 0 Å². The minimum Gasteiger partial charge on any atom is -0.225 e. The van der Waals surface area contributed by atoms with Crippen LogP contribution in [0.1, 0.15) is 12.8 Å². The Kier molecular flexibility index (Phi) is 1.97. The second kappa shape index (κ2) is 2.75. The number of hydrogen-bond donors (Lipinski definition) is 0. The quantitative estimate of drug-likeness (QED) is 0.310. The van der Waals surface area contributed by atoms with Gasteiger partial charge in [0.05, 0.1) is 12.8 Å². The van der Waals surface area contributed by atoms with Crippen molar-refractivity contribution in [3.8, 4) is 0 Å². The number of nitrogens with zero attached hydrogens (tertiary/aromatic N) is 1. The van der Waals surface area contributed by atoms with Gasteiger partial charge >= 0.3 is 11.8 Å². The lowest BCUT2D eigenvalue weighted by Gasteiger charge is -1.92. The molecule has 2 amide bonds. The molecule has 0 atom stereocenters. The van der Waals surface area contributed by atoms with Crippen LogP contribution < -0.4 is 4.90 Å². The molecule has 0 bridgehead atoms. The Morgan fingerprint density at radius 1 is 1.40 bits per heavy atom. The van der Waals surface area contributed by atoms with Gasteiger partial charge < -0.3 is 0 Å². The maximum Gasteiger partial charge on any atom is 0.370 e. The topological polar surface area (TPSA) is 40.0 Å². The van der Waals surface area contributed by atoms with Crippen LogP contribution in [0.15, 0.2) is 12.7 Å². The first kappa shape index (κ1) is 7.15. The molecule has 1 radical (unpaired) electrons. The lowest BCUT2D eigenvalue weighted by atomic mass is 10.4. The standard InChI is InChI=1S/C7H9NO2/c1-2-5-8-6(9)3-4-7(8)10/h2H,1,3-5H2/q+1. The highest BCUT2D eigenvalue weighted by molar-refractivity contribution is 6.05. The Balaban J connectivity index is 2.62. The van der Waals surface area contributed by atoms with Crippen LogP contribution in [-0.2, 0) is 9.59 Å². The van der Waals surface area contributed by atoms with Crippen molar-refractivity contribution in [3.63, 3.8) is 0 Å². The zero-order valence-corrected chi connectivity index (χ0v) is 5.67. The maximum absolute atomic E-state index is 10.8. The second-order valence-electron chi connectivity index (χ2n) is 2.19. The van der Waals surface area contributed by atoms with Gasteiger partial charge in [-0.05, 0) is 11.0 Å². The summed E-state index contributed by atoms with van der Waals surface area (Å²) in [6.45, 7) is 3.81. The molecule has 3 nitrogen and oxygen atoms in total. The predicted octanol–water partition coefficient (Wildman–Crippen LogP) is 0.159. The first-order valence-corrected chi connectivity index (χ1v) is 3.20. The molecule has 0 saturated carbocycles. The molecule has 0 aromatic heterocycles. The SMILES string of the molecule is C=CC[N+]1C(=O)CCC1=O. The van der Waals surface area contributed by atoms with E-state index >= 15 is 0 Å². The summed E-state index contributed by atoms with van der Waals surface area (Å²) in [6, 6.07) is 0. The molecule has 1 heterocycles. The highest BCUT2D eigenvalue weighted by Crippen LogP contribution is 2.07. The highest BCUT2D eigenvalue weighted by atomic mass is 16.2. The van der Waals surface area contributed by atoms with Gasteiger partial charge in [-0.2, -0.15) is 0 Å². The van der Waals surface area contributed by atoms with E-state index in [0.717, 1.165) is 0 Å². The van der Waals surface area contributed by atoms with Crippen LogP contribution >= 0.6 is 0 Å². The monoisotopic (exact) mass is 139 g/mol. The van der Waals surface area contributed by atoms with E-state index in [1.165, 1.54) is 4.90 Å². The van der Waals surface area contributed by atoms with E-state index in [2.05, 4.69) is 6.58 Å². The van der Waals surface area contributed by atoms with E-state index in [9.17, 15) is 9.59 Å². The van der Waals surface area contributed by atoms with Gasteiger partial charge in [0.1, 0.15) is 0 Å². The molecule has 0 spiro atoms. The number of likely N-dealkylation sites (tertiary alicyclic amines) is 1. The van der Waals surface area contributed by atoms with Crippen LogP contribution in [-0.4, -0.2) is 18.4 Å². The molecule has 1 rings (SSSR count). The van der Waals surface area contributed by atoms with E-state index in [1.807, 2.05) is 0 Å². The highest BCUT2D eigenvalue weighted by Gasteiger charge is 2.40. The van der Waals surface area contributed by atoms with Crippen molar-refractivity contribution in [1.29, 1.82) is 0 Å². The first-order chi connectivity index (χ1) is 4.75. The van der Waals surface area contributed by atoms with Crippen molar-refractivity contribution in [1.82, 2.24) is 4.90 Å². The van der Waals surface area contributed by atoms with Crippen molar-refractivity contribution in [3.05, 3.63) is 12.7 Å². The normalized spacial score (nSPS) is 20.0. The van der Waals surface area contributed by atoms with E-state index in [0.29, 0.717) is 19.4 Å². The molecule has 3 heteroatoms. The molecule has 1 aliphatic rings. The summed E-state index contributed by atoms with van der Waals surface area (Å²) in [5.41, 5.74) is 0. The van der Waals surface area contributed by atoms with Crippen molar-refractivity contribution in [2.45, 2.75) is 12.8 Å². The number of carbonyl (C=O) groups excluding carboxylic acids is 2. The van der Waals surface area contributed by atoms with Gasteiger partial charge in [0.25, 0.3) is 0 Å². The minimum atomic E-state index is -0.0788. The van der Waals surface area contributed by atoms with Crippen molar-refractivity contribution in [2.75, 3.05) is 6.54 Å². The minimum absolute atomic E-state index is 0.0788. The largest absolute Gasteiger partial charge is 0.370 e. The van der Waals surface area contributed by atoms with Crippen molar-refractivity contribution < 1.29 is 9.59 Å². The summed E-state index contributed by atoms with van der Waals surface area (Å²) in [7, 11) is 0. The number of amides is 2. The van der Waals surface area contributed by atoms with Crippen molar-refractivity contribution in [2.24, 2.45) is 0 Å². The third kappa shape index (κ3) is 1.14. The molecule has 0 aromatic rings. The molecule has 1 fully saturated rings. The smallest absolute Gasteiger partial charge is 0.225 e. The van der Waals surface area contributed by atoms with Gasteiger partial charge in [0.2, 0.25) is 0 Å². The number of carbonyl (C=O) groups is 2. The van der Waals surface area contributed by atoms with Gasteiger partial charge in [-0.3, -0.25) is 0 Å². The van der Waals surface area contributed by atoms with E-state index < -0.39 is 0 Å². The molecule has 10 heavy (non-hydrogen) atoms. The van der Waals surface area contributed by atoms with Crippen LogP contribution in [0, 0.1) is 0 Å². The van der Waals surface area contributed by atoms with E-state index in [4.69, 9.17) is 0 Å². The lowest BCUT2D eigenvalue weighted by Crippen LogP contribution is -2.35. The van der Waals surface area contributed by atoms with Crippen LogP contribution in [0.25, 0.3) is 0 Å². The number of hydrogen-bond acceptors (Lipinski definition) is 2. The van der Waals surface area contributed by atoms with Crippen LogP contribution in [0.4, 0.5) is 0 Å². The molecular weight excluding hydrogens is 130 g/mol. The Bertz CT molecular complexity index is 170. The molecular formula is C7H9NO2+. The molecule has 1 aliphatic heterocycles. The van der Waals surface area contributed by atoms with Crippen molar-refractivity contribution >= 4 is 11.8 Å². The van der Waals surface area contributed by atoms with Gasteiger partial charge in [0.15, 0.2) is 6.54 Å². The first-order valence-electron chi connectivity index (χ1n) is 3.20.